The number of nitrogens with zero attached hydrogens (tertiary/aromatic N) is 3. The van der Waals surface area contributed by atoms with Gasteiger partial charge in [0.15, 0.2) is 0 Å². The van der Waals surface area contributed by atoms with Gasteiger partial charge in [0.05, 0.1) is 0 Å². The number of aromatic nitrogens is 3. The Morgan fingerprint density at radius 1 is 1.75 bits per heavy atom. The van der Waals surface area contributed by atoms with Gasteiger partial charge in [-0.15, -0.1) is 6.42 Å². The summed E-state index contributed by atoms with van der Waals surface area (Å²) in [6.07, 6.45) is 8.02. The first-order valence-corrected chi connectivity index (χ1v) is 2.19. The molecule has 0 fully saturated rings. The molecule has 0 bridgehead atoms. The van der Waals surface area contributed by atoms with E-state index >= 15 is 0 Å². The van der Waals surface area contributed by atoms with Gasteiger partial charge in [0, 0.05) is 0 Å². The van der Waals surface area contributed by atoms with E-state index in [4.69, 9.17) is 6.42 Å². The van der Waals surface area contributed by atoms with Crippen LogP contribution in [-0.2, 0) is 6.54 Å². The lowest BCUT2D eigenvalue weighted by molar-refractivity contribution is 0.713. The summed E-state index contributed by atoms with van der Waals surface area (Å²) >= 11 is 0. The third-order valence-electron chi connectivity index (χ3n) is 0.720. The second-order valence-corrected chi connectivity index (χ2v) is 1.30. The molecule has 0 saturated carbocycles. The van der Waals surface area contributed by atoms with Gasteiger partial charge in [0.1, 0.15) is 19.2 Å². The van der Waals surface area contributed by atoms with Crippen molar-refractivity contribution in [1.82, 2.24) is 14.8 Å². The number of hydrogen-bond donors (Lipinski definition) is 0. The van der Waals surface area contributed by atoms with Crippen LogP contribution in [0.25, 0.3) is 0 Å². The zero-order valence-corrected chi connectivity index (χ0v) is 4.28. The molecule has 0 unspecified atom stereocenters. The van der Waals surface area contributed by atoms with Crippen molar-refractivity contribution in [3.8, 4) is 12.3 Å². The molecule has 1 aromatic rings. The van der Waals surface area contributed by atoms with Crippen LogP contribution in [-0.4, -0.2) is 14.8 Å². The molecule has 0 N–H and O–H groups in total. The van der Waals surface area contributed by atoms with Gasteiger partial charge in [-0.2, -0.15) is 5.10 Å². The molecule has 3 heteroatoms. The van der Waals surface area contributed by atoms with Crippen molar-refractivity contribution in [2.45, 2.75) is 6.54 Å². The summed E-state index contributed by atoms with van der Waals surface area (Å²) in [5.41, 5.74) is 0. The van der Waals surface area contributed by atoms with Gasteiger partial charge in [-0.3, -0.25) is 0 Å². The fraction of sp³-hybridized carbons (Fsp3) is 0.200. The highest BCUT2D eigenvalue weighted by Crippen LogP contribution is 1.74. The molecular formula is C5H5N3. The maximum absolute atomic E-state index is 4.98. The van der Waals surface area contributed by atoms with Gasteiger partial charge in [-0.1, -0.05) is 5.92 Å². The average molecular weight is 107 g/mol. The lowest BCUT2D eigenvalue weighted by Crippen LogP contribution is -1.93. The predicted molar refractivity (Wildman–Crippen MR) is 28.9 cm³/mol. The van der Waals surface area contributed by atoms with E-state index in [-0.39, 0.29) is 0 Å². The minimum atomic E-state index is 0.500. The first-order valence-electron chi connectivity index (χ1n) is 2.19. The molecule has 1 rings (SSSR count). The molecule has 1 heterocycles. The first-order chi connectivity index (χ1) is 3.93. The van der Waals surface area contributed by atoms with Crippen LogP contribution < -0.4 is 0 Å². The van der Waals surface area contributed by atoms with E-state index in [1.54, 1.807) is 11.0 Å². The summed E-state index contributed by atoms with van der Waals surface area (Å²) in [4.78, 5) is 3.70. The van der Waals surface area contributed by atoms with Crippen molar-refractivity contribution in [2.75, 3.05) is 0 Å². The minimum absolute atomic E-state index is 0.500. The fourth-order valence-electron chi connectivity index (χ4n) is 0.408. The summed E-state index contributed by atoms with van der Waals surface area (Å²) in [5.74, 6) is 2.43. The summed E-state index contributed by atoms with van der Waals surface area (Å²) in [7, 11) is 0. The lowest BCUT2D eigenvalue weighted by Gasteiger charge is -1.85. The molecule has 0 aromatic carbocycles. The van der Waals surface area contributed by atoms with Crippen LogP contribution in [0.2, 0.25) is 0 Å². The van der Waals surface area contributed by atoms with Crippen LogP contribution in [0.4, 0.5) is 0 Å². The average Bonchev–Trinajstić information content (AvgIpc) is 2.19. The Balaban J connectivity index is 2.67. The number of rotatable bonds is 1. The number of hydrogen-bond acceptors (Lipinski definition) is 2. The van der Waals surface area contributed by atoms with E-state index in [0.29, 0.717) is 6.54 Å². The Bertz CT molecular complexity index is 182. The fourth-order valence-corrected chi connectivity index (χ4v) is 0.408. The Labute approximate surface area is 47.4 Å². The van der Waals surface area contributed by atoms with E-state index in [0.717, 1.165) is 0 Å². The number of terminal acetylenes is 1. The van der Waals surface area contributed by atoms with Crippen molar-refractivity contribution in [1.29, 1.82) is 0 Å². The van der Waals surface area contributed by atoms with Gasteiger partial charge in [-0.25, -0.2) is 9.67 Å². The molecule has 0 aliphatic rings. The molecule has 40 valence electrons. The SMILES string of the molecule is C#CCn1cncn1. The van der Waals surface area contributed by atoms with Crippen LogP contribution >= 0.6 is 0 Å². The quantitative estimate of drug-likeness (QED) is 0.469. The molecule has 3 nitrogen and oxygen atoms in total. The molecule has 0 amide bonds. The summed E-state index contributed by atoms with van der Waals surface area (Å²) < 4.78 is 1.58. The summed E-state index contributed by atoms with van der Waals surface area (Å²) in [5, 5.41) is 3.77. The van der Waals surface area contributed by atoms with Crippen molar-refractivity contribution in [2.24, 2.45) is 0 Å². The Kier molecular flexibility index (Phi) is 1.29. The highest BCUT2D eigenvalue weighted by Gasteiger charge is 1.81. The van der Waals surface area contributed by atoms with Gasteiger partial charge < -0.3 is 0 Å². The van der Waals surface area contributed by atoms with Gasteiger partial charge in [0.25, 0.3) is 0 Å². The normalized spacial score (nSPS) is 8.38. The third kappa shape index (κ3) is 0.850. The Hall–Kier alpha value is -1.30. The molecular weight excluding hydrogens is 102 g/mol. The van der Waals surface area contributed by atoms with Crippen LogP contribution in [0.5, 0.6) is 0 Å². The van der Waals surface area contributed by atoms with Crippen LogP contribution in [0.1, 0.15) is 0 Å². The lowest BCUT2D eigenvalue weighted by atomic mass is 10.7. The molecule has 0 aliphatic heterocycles. The van der Waals surface area contributed by atoms with Crippen LogP contribution in [0.15, 0.2) is 12.7 Å². The second kappa shape index (κ2) is 2.12. The molecule has 0 radical (unpaired) electrons. The molecule has 1 aromatic heterocycles. The highest BCUT2D eigenvalue weighted by atomic mass is 15.3. The summed E-state index contributed by atoms with van der Waals surface area (Å²) in [6.45, 7) is 0.500. The zero-order valence-electron chi connectivity index (χ0n) is 4.28. The monoisotopic (exact) mass is 107 g/mol. The third-order valence-corrected chi connectivity index (χ3v) is 0.720. The van der Waals surface area contributed by atoms with Crippen molar-refractivity contribution >= 4 is 0 Å². The van der Waals surface area contributed by atoms with E-state index in [1.807, 2.05) is 0 Å². The molecule has 0 atom stereocenters. The first kappa shape index (κ1) is 4.85. The van der Waals surface area contributed by atoms with E-state index in [2.05, 4.69) is 16.0 Å². The zero-order chi connectivity index (χ0) is 5.82. The maximum Gasteiger partial charge on any atom is 0.137 e. The second-order valence-electron chi connectivity index (χ2n) is 1.30. The van der Waals surface area contributed by atoms with Crippen molar-refractivity contribution < 1.29 is 0 Å². The molecule has 0 spiro atoms. The van der Waals surface area contributed by atoms with Crippen molar-refractivity contribution in [3.63, 3.8) is 0 Å². The highest BCUT2D eigenvalue weighted by molar-refractivity contribution is 4.83. The Morgan fingerprint density at radius 2 is 2.62 bits per heavy atom. The minimum Gasteiger partial charge on any atom is -0.241 e. The summed E-state index contributed by atoms with van der Waals surface area (Å²) in [6, 6.07) is 0. The van der Waals surface area contributed by atoms with Crippen LogP contribution in [0, 0.1) is 12.3 Å². The Morgan fingerprint density at radius 3 is 3.12 bits per heavy atom. The van der Waals surface area contributed by atoms with Crippen molar-refractivity contribution in [3.05, 3.63) is 12.7 Å². The van der Waals surface area contributed by atoms with E-state index < -0.39 is 0 Å². The molecule has 0 saturated heterocycles. The van der Waals surface area contributed by atoms with Gasteiger partial charge in [0.2, 0.25) is 0 Å². The predicted octanol–water partition coefficient (Wildman–Crippen LogP) is -0.0887. The van der Waals surface area contributed by atoms with E-state index in [1.165, 1.54) is 6.33 Å². The van der Waals surface area contributed by atoms with Gasteiger partial charge >= 0.3 is 0 Å². The van der Waals surface area contributed by atoms with Crippen LogP contribution in [0.3, 0.4) is 0 Å². The van der Waals surface area contributed by atoms with Gasteiger partial charge in [-0.05, 0) is 0 Å². The molecule has 0 aliphatic carbocycles. The topological polar surface area (TPSA) is 30.7 Å². The largest absolute Gasteiger partial charge is 0.241 e. The van der Waals surface area contributed by atoms with E-state index in [9.17, 15) is 0 Å². The maximum atomic E-state index is 4.98. The molecule has 8 heavy (non-hydrogen) atoms. The standard InChI is InChI=1S/C5H5N3/c1-2-3-8-5-6-4-7-8/h1,4-5H,3H2. The smallest absolute Gasteiger partial charge is 0.137 e.